The summed E-state index contributed by atoms with van der Waals surface area (Å²) in [5, 5.41) is 17.2. The van der Waals surface area contributed by atoms with Gasteiger partial charge in [-0.05, 0) is 6.42 Å². The van der Waals surface area contributed by atoms with E-state index >= 15 is 0 Å². The largest absolute Gasteiger partial charge is 0.396 e. The summed E-state index contributed by atoms with van der Waals surface area (Å²) in [6.07, 6.45) is 0.773. The minimum Gasteiger partial charge on any atom is -0.396 e. The van der Waals surface area contributed by atoms with E-state index < -0.39 is 0 Å². The van der Waals surface area contributed by atoms with Gasteiger partial charge in [0.1, 0.15) is 0 Å². The lowest BCUT2D eigenvalue weighted by Gasteiger charge is -2.01. The quantitative estimate of drug-likeness (QED) is 0.526. The zero-order chi connectivity index (χ0) is 6.69. The molecule has 0 unspecified atom stereocenters. The summed E-state index contributed by atoms with van der Waals surface area (Å²) in [6.45, 7) is 0.856. The van der Waals surface area contributed by atoms with E-state index in [0.717, 1.165) is 6.42 Å². The van der Waals surface area contributed by atoms with Crippen LogP contribution in [0.3, 0.4) is 0 Å². The molecule has 0 aromatic rings. The highest BCUT2D eigenvalue weighted by Crippen LogP contribution is 2.17. The minimum atomic E-state index is -0.0258. The highest BCUT2D eigenvalue weighted by molar-refractivity contribution is 4.71. The van der Waals surface area contributed by atoms with Gasteiger partial charge in [0.15, 0.2) is 0 Å². The lowest BCUT2D eigenvalue weighted by atomic mass is 10.1. The Hall–Kier alpha value is -0.120. The average molecular weight is 132 g/mol. The van der Waals surface area contributed by atoms with Crippen molar-refractivity contribution in [2.24, 2.45) is 5.92 Å². The zero-order valence-corrected chi connectivity index (χ0v) is 5.29. The predicted molar refractivity (Wildman–Crippen MR) is 32.0 cm³/mol. The van der Waals surface area contributed by atoms with Gasteiger partial charge in [-0.2, -0.15) is 0 Å². The molecule has 0 radical (unpaired) electrons. The van der Waals surface area contributed by atoms with Crippen LogP contribution in [0.5, 0.6) is 0 Å². The van der Waals surface area contributed by atoms with E-state index in [-0.39, 0.29) is 25.2 Å². The summed E-state index contributed by atoms with van der Waals surface area (Å²) >= 11 is 0. The average Bonchev–Trinajstić information content (AvgIpc) is 2.34. The van der Waals surface area contributed by atoms with Crippen LogP contribution < -0.4 is 0 Å². The predicted octanol–water partition coefficient (Wildman–Crippen LogP) is -0.624. The van der Waals surface area contributed by atoms with Gasteiger partial charge in [0, 0.05) is 12.5 Å². The summed E-state index contributed by atoms with van der Waals surface area (Å²) in [4.78, 5) is 0. The van der Waals surface area contributed by atoms with Gasteiger partial charge in [0.2, 0.25) is 0 Å². The maximum Gasteiger partial charge on any atom is 0.0810 e. The number of ether oxygens (including phenoxy) is 1. The van der Waals surface area contributed by atoms with Crippen LogP contribution in [-0.2, 0) is 4.74 Å². The Bertz CT molecular complexity index is 74.4. The molecule has 1 rings (SSSR count). The molecule has 0 aromatic heterocycles. The molecule has 0 saturated carbocycles. The molecule has 2 atom stereocenters. The summed E-state index contributed by atoms with van der Waals surface area (Å²) in [5.74, 6) is 0.252. The van der Waals surface area contributed by atoms with Crippen LogP contribution in [-0.4, -0.2) is 36.1 Å². The van der Waals surface area contributed by atoms with Crippen molar-refractivity contribution >= 4 is 0 Å². The number of aliphatic hydroxyl groups excluding tert-OH is 2. The number of hydrogen-bond donors (Lipinski definition) is 2. The molecule has 0 amide bonds. The normalized spacial score (nSPS) is 35.3. The molecule has 1 heterocycles. The fourth-order valence-electron chi connectivity index (χ4n) is 1.03. The van der Waals surface area contributed by atoms with Gasteiger partial charge in [-0.25, -0.2) is 0 Å². The Morgan fingerprint density at radius 3 is 2.44 bits per heavy atom. The molecule has 3 heteroatoms. The Balaban J connectivity index is 2.20. The smallest absolute Gasteiger partial charge is 0.0810 e. The van der Waals surface area contributed by atoms with Crippen molar-refractivity contribution in [2.45, 2.75) is 12.5 Å². The van der Waals surface area contributed by atoms with Gasteiger partial charge >= 0.3 is 0 Å². The van der Waals surface area contributed by atoms with Gasteiger partial charge in [-0.3, -0.25) is 0 Å². The summed E-state index contributed by atoms with van der Waals surface area (Å²) in [5.41, 5.74) is 0. The number of rotatable bonds is 2. The molecule has 3 nitrogen and oxygen atoms in total. The van der Waals surface area contributed by atoms with E-state index in [1.807, 2.05) is 0 Å². The van der Waals surface area contributed by atoms with Crippen molar-refractivity contribution in [3.8, 4) is 0 Å². The van der Waals surface area contributed by atoms with Gasteiger partial charge in [0.05, 0.1) is 19.3 Å². The first-order valence-electron chi connectivity index (χ1n) is 3.20. The zero-order valence-electron chi connectivity index (χ0n) is 5.29. The minimum absolute atomic E-state index is 0.0258. The molecule has 0 bridgehead atoms. The Morgan fingerprint density at radius 1 is 1.33 bits per heavy atom. The maximum atomic E-state index is 8.62. The number of aliphatic hydroxyl groups is 2. The molecule has 2 N–H and O–H groups in total. The van der Waals surface area contributed by atoms with Gasteiger partial charge in [0.25, 0.3) is 0 Å². The second kappa shape index (κ2) is 3.15. The lowest BCUT2D eigenvalue weighted by Crippen LogP contribution is -2.10. The first kappa shape index (κ1) is 6.99. The molecular weight excluding hydrogens is 120 g/mol. The third kappa shape index (κ3) is 1.64. The monoisotopic (exact) mass is 132 g/mol. The van der Waals surface area contributed by atoms with Gasteiger partial charge < -0.3 is 14.9 Å². The van der Waals surface area contributed by atoms with Crippen LogP contribution in [0, 0.1) is 5.92 Å². The molecule has 9 heavy (non-hydrogen) atoms. The standard InChI is InChI=1S/C6H12O3/c7-2-5-1-6(3-8)9-4-5/h5-8H,1-4H2/t5-,6+/m1/s1. The Labute approximate surface area is 54.3 Å². The molecular formula is C6H12O3. The molecule has 0 aromatic carbocycles. The van der Waals surface area contributed by atoms with Crippen LogP contribution >= 0.6 is 0 Å². The van der Waals surface area contributed by atoms with Crippen LogP contribution in [0.25, 0.3) is 0 Å². The van der Waals surface area contributed by atoms with Gasteiger partial charge in [-0.15, -0.1) is 0 Å². The molecule has 1 aliphatic heterocycles. The van der Waals surface area contributed by atoms with Crippen molar-refractivity contribution in [3.63, 3.8) is 0 Å². The second-order valence-corrected chi connectivity index (χ2v) is 2.42. The fraction of sp³-hybridized carbons (Fsp3) is 1.00. The molecule has 0 aliphatic carbocycles. The van der Waals surface area contributed by atoms with Crippen LogP contribution in [0.4, 0.5) is 0 Å². The molecule has 54 valence electrons. The van der Waals surface area contributed by atoms with E-state index in [9.17, 15) is 0 Å². The lowest BCUT2D eigenvalue weighted by molar-refractivity contribution is 0.0557. The third-order valence-electron chi connectivity index (χ3n) is 1.63. The third-order valence-corrected chi connectivity index (χ3v) is 1.63. The van der Waals surface area contributed by atoms with E-state index in [2.05, 4.69) is 0 Å². The SMILES string of the molecule is OC[C@@H]1CO[C@H](CO)C1. The van der Waals surface area contributed by atoms with Crippen molar-refractivity contribution in [2.75, 3.05) is 19.8 Å². The summed E-state index contributed by atoms with van der Waals surface area (Å²) < 4.78 is 5.10. The molecule has 1 aliphatic rings. The Kier molecular flexibility index (Phi) is 2.45. The molecule has 1 saturated heterocycles. The molecule has 1 fully saturated rings. The van der Waals surface area contributed by atoms with Crippen LogP contribution in [0.15, 0.2) is 0 Å². The van der Waals surface area contributed by atoms with E-state index in [1.54, 1.807) is 0 Å². The van der Waals surface area contributed by atoms with Crippen molar-refractivity contribution < 1.29 is 14.9 Å². The molecule has 0 spiro atoms. The first-order valence-corrected chi connectivity index (χ1v) is 3.20. The van der Waals surface area contributed by atoms with Gasteiger partial charge in [-0.1, -0.05) is 0 Å². The van der Waals surface area contributed by atoms with E-state index in [4.69, 9.17) is 14.9 Å². The summed E-state index contributed by atoms with van der Waals surface area (Å²) in [6, 6.07) is 0. The highest BCUT2D eigenvalue weighted by Gasteiger charge is 2.23. The van der Waals surface area contributed by atoms with Crippen molar-refractivity contribution in [1.29, 1.82) is 0 Å². The van der Waals surface area contributed by atoms with Crippen LogP contribution in [0.1, 0.15) is 6.42 Å². The van der Waals surface area contributed by atoms with E-state index in [1.165, 1.54) is 0 Å². The fourth-order valence-corrected chi connectivity index (χ4v) is 1.03. The maximum absolute atomic E-state index is 8.62. The van der Waals surface area contributed by atoms with E-state index in [0.29, 0.717) is 6.61 Å². The summed E-state index contributed by atoms with van der Waals surface area (Å²) in [7, 11) is 0. The topological polar surface area (TPSA) is 49.7 Å². The van der Waals surface area contributed by atoms with Crippen LogP contribution in [0.2, 0.25) is 0 Å². The van der Waals surface area contributed by atoms with Crippen molar-refractivity contribution in [1.82, 2.24) is 0 Å². The second-order valence-electron chi connectivity index (χ2n) is 2.42. The van der Waals surface area contributed by atoms with Crippen molar-refractivity contribution in [3.05, 3.63) is 0 Å². The highest BCUT2D eigenvalue weighted by atomic mass is 16.5. The first-order chi connectivity index (χ1) is 4.36. The Morgan fingerprint density at radius 2 is 2.11 bits per heavy atom. The number of hydrogen-bond acceptors (Lipinski definition) is 3.